The van der Waals surface area contributed by atoms with Gasteiger partial charge in [-0.1, -0.05) is 35.8 Å². The standard InChI is InChI=1S/C26H31BN4O5/c1-29(2)24(33)23(16-17-7-8-22(32)20(27)15-17)36-26(35)30-12-10-19(11-13-30)31-14-9-18-5-3-4-6-21(18)28-25(31)34/h3-8,15,19,23,32H,9-14,16H2,1-2H3,(H,28,34)/t23-/m1/s1. The molecule has 4 amide bonds. The normalized spacial score (nSPS) is 17.0. The van der Waals surface area contributed by atoms with Crippen LogP contribution in [0.4, 0.5) is 15.3 Å². The molecule has 1 saturated heterocycles. The van der Waals surface area contributed by atoms with Crippen LogP contribution >= 0.6 is 0 Å². The van der Waals surface area contributed by atoms with Crippen molar-refractivity contribution in [3.8, 4) is 5.75 Å². The van der Waals surface area contributed by atoms with E-state index in [1.165, 1.54) is 11.0 Å². The van der Waals surface area contributed by atoms with Crippen molar-refractivity contribution in [3.05, 3.63) is 53.6 Å². The van der Waals surface area contributed by atoms with Gasteiger partial charge in [-0.2, -0.15) is 0 Å². The number of carbonyl (C=O) groups excluding carboxylic acids is 3. The number of phenols is 1. The second-order valence-corrected chi connectivity index (χ2v) is 9.45. The highest BCUT2D eigenvalue weighted by molar-refractivity contribution is 6.34. The maximum Gasteiger partial charge on any atom is 0.410 e. The number of carbonyl (C=O) groups is 3. The van der Waals surface area contributed by atoms with Crippen LogP contribution < -0.4 is 10.8 Å². The quantitative estimate of drug-likeness (QED) is 0.624. The van der Waals surface area contributed by atoms with Gasteiger partial charge in [0.2, 0.25) is 0 Å². The summed E-state index contributed by atoms with van der Waals surface area (Å²) in [5.41, 5.74) is 2.82. The van der Waals surface area contributed by atoms with Gasteiger partial charge in [0.05, 0.1) is 0 Å². The number of likely N-dealkylation sites (tertiary alicyclic amines) is 1. The van der Waals surface area contributed by atoms with Crippen molar-refractivity contribution in [2.75, 3.05) is 39.0 Å². The molecule has 2 heterocycles. The van der Waals surface area contributed by atoms with Crippen molar-refractivity contribution in [3.63, 3.8) is 0 Å². The molecule has 2 aromatic rings. The topological polar surface area (TPSA) is 102 Å². The number of piperidine rings is 1. The number of amides is 4. The second-order valence-electron chi connectivity index (χ2n) is 9.45. The molecular weight excluding hydrogens is 459 g/mol. The number of fused-ring (bicyclic) bond motifs is 1. The lowest BCUT2D eigenvalue weighted by Crippen LogP contribution is -2.51. The highest BCUT2D eigenvalue weighted by Crippen LogP contribution is 2.25. The van der Waals surface area contributed by atoms with E-state index >= 15 is 0 Å². The molecule has 1 fully saturated rings. The first-order valence-corrected chi connectivity index (χ1v) is 12.1. The Kier molecular flexibility index (Phi) is 7.71. The number of likely N-dealkylation sites (N-methyl/N-ethyl adjacent to an activating group) is 1. The minimum Gasteiger partial charge on any atom is -0.509 e. The van der Waals surface area contributed by atoms with E-state index in [1.54, 1.807) is 31.1 Å². The second kappa shape index (κ2) is 10.9. The van der Waals surface area contributed by atoms with Gasteiger partial charge in [0, 0.05) is 51.9 Å². The van der Waals surface area contributed by atoms with Crippen molar-refractivity contribution in [2.45, 2.75) is 37.8 Å². The van der Waals surface area contributed by atoms with Crippen molar-refractivity contribution < 1.29 is 24.2 Å². The van der Waals surface area contributed by atoms with E-state index in [1.807, 2.05) is 29.2 Å². The highest BCUT2D eigenvalue weighted by Gasteiger charge is 2.33. The van der Waals surface area contributed by atoms with Gasteiger partial charge >= 0.3 is 12.1 Å². The van der Waals surface area contributed by atoms with E-state index in [4.69, 9.17) is 12.6 Å². The highest BCUT2D eigenvalue weighted by atomic mass is 16.6. The van der Waals surface area contributed by atoms with Crippen LogP contribution in [0.5, 0.6) is 5.75 Å². The van der Waals surface area contributed by atoms with Gasteiger partial charge in [0.15, 0.2) is 6.10 Å². The van der Waals surface area contributed by atoms with Crippen LogP contribution in [0.2, 0.25) is 0 Å². The van der Waals surface area contributed by atoms with Crippen LogP contribution in [-0.4, -0.2) is 91.6 Å². The molecule has 36 heavy (non-hydrogen) atoms. The first kappa shape index (κ1) is 25.4. The molecule has 10 heteroatoms. The summed E-state index contributed by atoms with van der Waals surface area (Å²) in [6, 6.07) is 12.4. The van der Waals surface area contributed by atoms with Gasteiger partial charge in [-0.3, -0.25) is 4.79 Å². The van der Waals surface area contributed by atoms with Crippen molar-refractivity contribution in [2.24, 2.45) is 0 Å². The third-order valence-electron chi connectivity index (χ3n) is 6.78. The largest absolute Gasteiger partial charge is 0.509 e. The number of hydrogen-bond acceptors (Lipinski definition) is 5. The van der Waals surface area contributed by atoms with Gasteiger partial charge in [-0.05, 0) is 42.5 Å². The average Bonchev–Trinajstić information content (AvgIpc) is 3.03. The molecule has 4 rings (SSSR count). The van der Waals surface area contributed by atoms with Gasteiger partial charge in [-0.25, -0.2) is 9.59 Å². The van der Waals surface area contributed by atoms with Gasteiger partial charge in [-0.15, -0.1) is 0 Å². The van der Waals surface area contributed by atoms with E-state index in [-0.39, 0.29) is 35.6 Å². The monoisotopic (exact) mass is 490 g/mol. The zero-order chi connectivity index (χ0) is 25.8. The molecule has 0 aromatic heterocycles. The fourth-order valence-electron chi connectivity index (χ4n) is 4.71. The SMILES string of the molecule is [B]c1cc(C[C@@H](OC(=O)N2CCC(N3CCc4ccccc4NC3=O)CC2)C(=O)N(C)C)ccc1O. The number of nitrogens with zero attached hydrogens (tertiary/aromatic N) is 3. The van der Waals surface area contributed by atoms with Crippen LogP contribution in [0.15, 0.2) is 42.5 Å². The zero-order valence-corrected chi connectivity index (χ0v) is 20.6. The van der Waals surface area contributed by atoms with Crippen molar-refractivity contribution >= 4 is 37.0 Å². The summed E-state index contributed by atoms with van der Waals surface area (Å²) in [6.07, 6.45) is 0.572. The van der Waals surface area contributed by atoms with Crippen molar-refractivity contribution in [1.29, 1.82) is 0 Å². The van der Waals surface area contributed by atoms with E-state index in [2.05, 4.69) is 5.32 Å². The fourth-order valence-corrected chi connectivity index (χ4v) is 4.71. The number of anilines is 1. The zero-order valence-electron chi connectivity index (χ0n) is 20.6. The number of rotatable bonds is 5. The Bertz CT molecular complexity index is 1130. The first-order chi connectivity index (χ1) is 17.2. The predicted molar refractivity (Wildman–Crippen MR) is 137 cm³/mol. The molecular formula is C26H31BN4O5. The summed E-state index contributed by atoms with van der Waals surface area (Å²) in [4.78, 5) is 43.4. The Morgan fingerprint density at radius 3 is 2.58 bits per heavy atom. The molecule has 9 nitrogen and oxygen atoms in total. The molecule has 2 radical (unpaired) electrons. The number of aromatic hydroxyl groups is 1. The molecule has 2 aromatic carbocycles. The lowest BCUT2D eigenvalue weighted by Gasteiger charge is -2.37. The Morgan fingerprint density at radius 2 is 1.89 bits per heavy atom. The number of para-hydroxylation sites is 1. The van der Waals surface area contributed by atoms with Gasteiger partial charge in [0.1, 0.15) is 13.6 Å². The number of hydrogen-bond donors (Lipinski definition) is 2. The summed E-state index contributed by atoms with van der Waals surface area (Å²) >= 11 is 0. The van der Waals surface area contributed by atoms with Crippen LogP contribution in [0, 0.1) is 0 Å². The van der Waals surface area contributed by atoms with Crippen LogP contribution in [0.25, 0.3) is 0 Å². The van der Waals surface area contributed by atoms with Crippen LogP contribution in [0.1, 0.15) is 24.0 Å². The molecule has 0 spiro atoms. The van der Waals surface area contributed by atoms with E-state index in [9.17, 15) is 19.5 Å². The maximum atomic E-state index is 13.0. The van der Waals surface area contributed by atoms with Gasteiger partial charge < -0.3 is 29.9 Å². The molecule has 2 aliphatic rings. The predicted octanol–water partition coefficient (Wildman–Crippen LogP) is 1.88. The van der Waals surface area contributed by atoms with E-state index in [0.717, 1.165) is 17.7 Å². The van der Waals surface area contributed by atoms with Crippen LogP contribution in [-0.2, 0) is 22.4 Å². The number of ether oxygens (including phenoxy) is 1. The Balaban J connectivity index is 1.36. The van der Waals surface area contributed by atoms with E-state index in [0.29, 0.717) is 38.0 Å². The number of nitrogens with one attached hydrogen (secondary N) is 1. The molecule has 1 atom stereocenters. The average molecular weight is 490 g/mol. The molecule has 188 valence electrons. The Labute approximate surface area is 212 Å². The smallest absolute Gasteiger partial charge is 0.410 e. The minimum atomic E-state index is -1.02. The van der Waals surface area contributed by atoms with E-state index < -0.39 is 12.2 Å². The molecule has 0 bridgehead atoms. The minimum absolute atomic E-state index is 0.0162. The third kappa shape index (κ3) is 5.75. The number of benzene rings is 2. The molecule has 2 N–H and O–H groups in total. The summed E-state index contributed by atoms with van der Waals surface area (Å²) < 4.78 is 5.65. The molecule has 2 aliphatic heterocycles. The Hall–Kier alpha value is -3.69. The van der Waals surface area contributed by atoms with Crippen molar-refractivity contribution in [1.82, 2.24) is 14.7 Å². The van der Waals surface area contributed by atoms with Gasteiger partial charge in [0.25, 0.3) is 5.91 Å². The molecule has 0 saturated carbocycles. The number of urea groups is 1. The number of phenolic OH excluding ortho intramolecular Hbond substituents is 1. The summed E-state index contributed by atoms with van der Waals surface area (Å²) in [6.45, 7) is 1.47. The van der Waals surface area contributed by atoms with Crippen LogP contribution in [0.3, 0.4) is 0 Å². The third-order valence-corrected chi connectivity index (χ3v) is 6.78. The molecule has 0 unspecified atom stereocenters. The molecule has 0 aliphatic carbocycles. The Morgan fingerprint density at radius 1 is 1.17 bits per heavy atom. The summed E-state index contributed by atoms with van der Waals surface area (Å²) in [5.74, 6) is -0.387. The summed E-state index contributed by atoms with van der Waals surface area (Å²) in [5, 5.41) is 12.7. The first-order valence-electron chi connectivity index (χ1n) is 12.1. The summed E-state index contributed by atoms with van der Waals surface area (Å²) in [7, 11) is 8.98. The lowest BCUT2D eigenvalue weighted by atomic mass is 9.91. The lowest BCUT2D eigenvalue weighted by molar-refractivity contribution is -0.138. The maximum absolute atomic E-state index is 13.0. The fraction of sp³-hybridized carbons (Fsp3) is 0.423.